The molecule has 1 saturated carbocycles. The maximum atomic E-state index is 14.1. The number of methoxy groups -OCH3 is 1. The number of amides is 2. The molecule has 7 nitrogen and oxygen atoms in total. The van der Waals surface area contributed by atoms with Gasteiger partial charge in [-0.15, -0.1) is 0 Å². The summed E-state index contributed by atoms with van der Waals surface area (Å²) in [7, 11) is 1.41. The number of esters is 1. The van der Waals surface area contributed by atoms with Crippen molar-refractivity contribution in [2.75, 3.05) is 31.7 Å². The Hall–Kier alpha value is -2.32. The Balaban J connectivity index is 1.57. The molecule has 0 spiro atoms. The molecule has 3 aliphatic heterocycles. The zero-order chi connectivity index (χ0) is 26.2. The number of thioether (sulfide) groups is 1. The highest BCUT2D eigenvalue weighted by molar-refractivity contribution is 7.99. The van der Waals surface area contributed by atoms with E-state index in [0.29, 0.717) is 25.3 Å². The Morgan fingerprint density at radius 3 is 2.49 bits per heavy atom. The van der Waals surface area contributed by atoms with Crippen molar-refractivity contribution in [3.8, 4) is 0 Å². The average molecular weight is 527 g/mol. The third-order valence-electron chi connectivity index (χ3n) is 8.27. The summed E-state index contributed by atoms with van der Waals surface area (Å²) in [4.78, 5) is 44.9. The lowest BCUT2D eigenvalue weighted by Gasteiger charge is -2.53. The molecule has 4 aliphatic rings. The van der Waals surface area contributed by atoms with Crippen molar-refractivity contribution in [2.45, 2.75) is 58.3 Å². The summed E-state index contributed by atoms with van der Waals surface area (Å²) in [6, 6.07) is 9.84. The van der Waals surface area contributed by atoms with Crippen molar-refractivity contribution in [1.82, 2.24) is 9.80 Å². The predicted octanol–water partition coefficient (Wildman–Crippen LogP) is 3.88. The molecule has 0 N–H and O–H groups in total. The van der Waals surface area contributed by atoms with E-state index >= 15 is 0 Å². The summed E-state index contributed by atoms with van der Waals surface area (Å²) in [5, 5.41) is 0. The van der Waals surface area contributed by atoms with E-state index in [2.05, 4.69) is 13.8 Å². The van der Waals surface area contributed by atoms with E-state index in [0.717, 1.165) is 29.9 Å². The first-order valence-electron chi connectivity index (χ1n) is 13.5. The Kier molecular flexibility index (Phi) is 7.68. The number of hydrogen-bond donors (Lipinski definition) is 0. The van der Waals surface area contributed by atoms with Crippen LogP contribution in [0.15, 0.2) is 42.1 Å². The zero-order valence-corrected chi connectivity index (χ0v) is 22.9. The van der Waals surface area contributed by atoms with Gasteiger partial charge in [-0.05, 0) is 42.7 Å². The van der Waals surface area contributed by atoms with Crippen molar-refractivity contribution in [3.05, 3.63) is 47.7 Å². The lowest BCUT2D eigenvalue weighted by atomic mass is 9.64. The van der Waals surface area contributed by atoms with Gasteiger partial charge in [0.1, 0.15) is 5.41 Å². The van der Waals surface area contributed by atoms with Gasteiger partial charge in [-0.1, -0.05) is 44.2 Å². The third-order valence-corrected chi connectivity index (χ3v) is 9.21. The second-order valence-corrected chi connectivity index (χ2v) is 12.4. The van der Waals surface area contributed by atoms with Gasteiger partial charge >= 0.3 is 5.97 Å². The summed E-state index contributed by atoms with van der Waals surface area (Å²) in [5.41, 5.74) is 0.575. The molecular weight excluding hydrogens is 488 g/mol. The molecule has 0 aromatic heterocycles. The quantitative estimate of drug-likeness (QED) is 0.502. The van der Waals surface area contributed by atoms with Crippen molar-refractivity contribution in [2.24, 2.45) is 23.2 Å². The molecule has 1 aromatic rings. The van der Waals surface area contributed by atoms with E-state index in [-0.39, 0.29) is 54.7 Å². The fourth-order valence-electron chi connectivity index (χ4n) is 6.13. The van der Waals surface area contributed by atoms with Crippen LogP contribution in [0.5, 0.6) is 0 Å². The SMILES string of the molecule is COC(=O)[C@]12C[C@H](CC(=O)N3CCSCC3)C(=O)N(Cc3ccccc3)C1=C[C@H](C(C)C)O[C@@H]2C1CC1. The number of fused-ring (bicyclic) bond motifs is 1. The van der Waals surface area contributed by atoms with E-state index in [4.69, 9.17) is 9.47 Å². The van der Waals surface area contributed by atoms with E-state index in [1.165, 1.54) is 7.11 Å². The van der Waals surface area contributed by atoms with Gasteiger partial charge in [-0.2, -0.15) is 11.8 Å². The van der Waals surface area contributed by atoms with E-state index in [9.17, 15) is 14.4 Å². The van der Waals surface area contributed by atoms with E-state index in [1.54, 1.807) is 4.90 Å². The maximum Gasteiger partial charge on any atom is 0.320 e. The third kappa shape index (κ3) is 5.07. The van der Waals surface area contributed by atoms with Crippen molar-refractivity contribution in [3.63, 3.8) is 0 Å². The van der Waals surface area contributed by atoms with Gasteiger partial charge in [0, 0.05) is 42.6 Å². The van der Waals surface area contributed by atoms with Crippen LogP contribution in [0.2, 0.25) is 0 Å². The van der Waals surface area contributed by atoms with Crippen LogP contribution in [0.4, 0.5) is 0 Å². The zero-order valence-electron chi connectivity index (χ0n) is 22.1. The minimum absolute atomic E-state index is 0.00878. The van der Waals surface area contributed by atoms with Gasteiger partial charge in [-0.3, -0.25) is 14.4 Å². The molecule has 4 atom stereocenters. The van der Waals surface area contributed by atoms with Crippen LogP contribution in [0.3, 0.4) is 0 Å². The summed E-state index contributed by atoms with van der Waals surface area (Å²) in [5.74, 6) is 1.19. The molecule has 0 bridgehead atoms. The van der Waals surface area contributed by atoms with E-state index in [1.807, 2.05) is 53.1 Å². The second kappa shape index (κ2) is 10.8. The minimum atomic E-state index is -1.10. The highest BCUT2D eigenvalue weighted by Gasteiger charge is 2.63. The second-order valence-electron chi connectivity index (χ2n) is 11.1. The van der Waals surface area contributed by atoms with Gasteiger partial charge in [0.15, 0.2) is 0 Å². The molecule has 1 aromatic carbocycles. The van der Waals surface area contributed by atoms with E-state index < -0.39 is 11.3 Å². The highest BCUT2D eigenvalue weighted by Crippen LogP contribution is 2.56. The molecule has 8 heteroatoms. The molecule has 3 heterocycles. The number of hydrogen-bond acceptors (Lipinski definition) is 6. The van der Waals surface area contributed by atoms with Crippen LogP contribution in [0.1, 0.15) is 45.1 Å². The highest BCUT2D eigenvalue weighted by atomic mass is 32.2. The van der Waals surface area contributed by atoms with Gasteiger partial charge in [0.25, 0.3) is 0 Å². The lowest BCUT2D eigenvalue weighted by Crippen LogP contribution is -2.61. The summed E-state index contributed by atoms with van der Waals surface area (Å²) in [6.45, 7) is 5.95. The number of ether oxygens (including phenoxy) is 2. The van der Waals surface area contributed by atoms with Crippen molar-refractivity contribution >= 4 is 29.5 Å². The first-order chi connectivity index (χ1) is 17.8. The number of likely N-dealkylation sites (tertiary alicyclic amines) is 1. The molecule has 2 saturated heterocycles. The largest absolute Gasteiger partial charge is 0.468 e. The predicted molar refractivity (Wildman–Crippen MR) is 142 cm³/mol. The Labute approximate surface area is 223 Å². The molecule has 3 fully saturated rings. The standard InChI is InChI=1S/C29H38N2O5S/c1-19(2)23-16-24-29(28(34)35-3,26(36-23)21-9-10-21)17-22(15-25(32)30-11-13-37-14-12-30)27(33)31(24)18-20-7-5-4-6-8-20/h4-8,16,19,21-23,26H,9-15,17-18H2,1-3H3/t22-,23+,26+,29+/m0/s1. The number of benzene rings is 1. The molecule has 0 unspecified atom stereocenters. The smallest absolute Gasteiger partial charge is 0.320 e. The van der Waals surface area contributed by atoms with Crippen LogP contribution in [0, 0.1) is 23.2 Å². The average Bonchev–Trinajstić information content (AvgIpc) is 3.76. The lowest BCUT2D eigenvalue weighted by molar-refractivity contribution is -0.182. The van der Waals surface area contributed by atoms with Crippen molar-refractivity contribution < 1.29 is 23.9 Å². The summed E-state index contributed by atoms with van der Waals surface area (Å²) >= 11 is 1.84. The topological polar surface area (TPSA) is 76.2 Å². The van der Waals surface area contributed by atoms with Crippen LogP contribution >= 0.6 is 11.8 Å². The van der Waals surface area contributed by atoms with Gasteiger partial charge < -0.3 is 19.3 Å². The summed E-state index contributed by atoms with van der Waals surface area (Å²) in [6.07, 6.45) is 3.74. The van der Waals surface area contributed by atoms with Gasteiger partial charge in [0.2, 0.25) is 11.8 Å². The first-order valence-corrected chi connectivity index (χ1v) is 14.7. The molecule has 37 heavy (non-hydrogen) atoms. The summed E-state index contributed by atoms with van der Waals surface area (Å²) < 4.78 is 12.1. The molecule has 0 radical (unpaired) electrons. The van der Waals surface area contributed by atoms with Crippen LogP contribution in [-0.2, 0) is 30.4 Å². The minimum Gasteiger partial charge on any atom is -0.468 e. The molecular formula is C29H38N2O5S. The van der Waals surface area contributed by atoms with Crippen LogP contribution in [0.25, 0.3) is 0 Å². The Morgan fingerprint density at radius 2 is 1.86 bits per heavy atom. The number of piperidine rings is 1. The number of rotatable bonds is 7. The van der Waals surface area contributed by atoms with Gasteiger partial charge in [-0.25, -0.2) is 0 Å². The number of carbonyl (C=O) groups is 3. The monoisotopic (exact) mass is 526 g/mol. The molecule has 200 valence electrons. The normalized spacial score (nSPS) is 30.1. The maximum absolute atomic E-state index is 14.1. The first kappa shape index (κ1) is 26.3. The molecule has 2 amide bonds. The van der Waals surface area contributed by atoms with Crippen LogP contribution < -0.4 is 0 Å². The van der Waals surface area contributed by atoms with Crippen molar-refractivity contribution in [1.29, 1.82) is 0 Å². The number of nitrogens with zero attached hydrogens (tertiary/aromatic N) is 2. The fraction of sp³-hybridized carbons (Fsp3) is 0.621. The Morgan fingerprint density at radius 1 is 1.16 bits per heavy atom. The molecule has 1 aliphatic carbocycles. The van der Waals surface area contributed by atoms with Gasteiger partial charge in [0.05, 0.1) is 25.9 Å². The number of carbonyl (C=O) groups excluding carboxylic acids is 3. The fourth-order valence-corrected chi connectivity index (χ4v) is 7.03. The molecule has 5 rings (SSSR count). The Bertz CT molecular complexity index is 1050. The van der Waals surface area contributed by atoms with Crippen LogP contribution in [-0.4, -0.2) is 71.5 Å².